The van der Waals surface area contributed by atoms with Gasteiger partial charge in [-0.15, -0.1) is 0 Å². The first kappa shape index (κ1) is 19.5. The summed E-state index contributed by atoms with van der Waals surface area (Å²) in [4.78, 5) is 28.7. The van der Waals surface area contributed by atoms with Crippen LogP contribution >= 0.6 is 0 Å². The molecule has 1 aromatic rings. The van der Waals surface area contributed by atoms with E-state index in [9.17, 15) is 18.0 Å². The highest BCUT2D eigenvalue weighted by Crippen LogP contribution is 2.37. The molecule has 0 aliphatic carbocycles. The first-order valence-corrected chi connectivity index (χ1v) is 11.1. The number of piperidine rings is 1. The van der Waals surface area contributed by atoms with Crippen LogP contribution in [0, 0.1) is 0 Å². The molecule has 148 valence electrons. The van der Waals surface area contributed by atoms with E-state index < -0.39 is 16.1 Å². The van der Waals surface area contributed by atoms with Gasteiger partial charge in [0.05, 0.1) is 17.6 Å². The number of nitrogens with one attached hydrogen (secondary N) is 1. The number of hydrogen-bond donors (Lipinski definition) is 1. The Balaban J connectivity index is 1.90. The van der Waals surface area contributed by atoms with E-state index in [4.69, 9.17) is 4.74 Å². The standard InChI is InChI=1S/C18H25N3O5S/c1-3-15-18(23)21(12-17(22)20-9-5-4-6-10-20)14-11-13(19-27(2,24)25)7-8-16(14)26-15/h7-8,11,15,19H,3-6,9-10,12H2,1-2H3. The Bertz CT molecular complexity index is 833. The van der Waals surface area contributed by atoms with Gasteiger partial charge in [0.25, 0.3) is 5.91 Å². The van der Waals surface area contributed by atoms with Crippen molar-refractivity contribution in [3.63, 3.8) is 0 Å². The number of carbonyl (C=O) groups is 2. The number of fused-ring (bicyclic) bond motifs is 1. The Morgan fingerprint density at radius 3 is 2.59 bits per heavy atom. The monoisotopic (exact) mass is 395 g/mol. The summed E-state index contributed by atoms with van der Waals surface area (Å²) in [7, 11) is -3.46. The average Bonchev–Trinajstić information content (AvgIpc) is 2.63. The number of anilines is 2. The summed E-state index contributed by atoms with van der Waals surface area (Å²) in [6, 6.07) is 4.73. The number of amides is 2. The number of nitrogens with zero attached hydrogens (tertiary/aromatic N) is 2. The van der Waals surface area contributed by atoms with Crippen molar-refractivity contribution in [2.24, 2.45) is 0 Å². The molecule has 0 spiro atoms. The number of hydrogen-bond acceptors (Lipinski definition) is 5. The summed E-state index contributed by atoms with van der Waals surface area (Å²) in [6.07, 6.45) is 3.94. The van der Waals surface area contributed by atoms with Crippen molar-refractivity contribution in [3.05, 3.63) is 18.2 Å². The minimum absolute atomic E-state index is 0.0754. The van der Waals surface area contributed by atoms with Crippen LogP contribution in [-0.4, -0.2) is 57.1 Å². The summed E-state index contributed by atoms with van der Waals surface area (Å²) in [6.45, 7) is 3.18. The van der Waals surface area contributed by atoms with Gasteiger partial charge in [-0.25, -0.2) is 8.42 Å². The lowest BCUT2D eigenvalue weighted by molar-refractivity contribution is -0.134. The maximum absolute atomic E-state index is 12.8. The van der Waals surface area contributed by atoms with E-state index in [1.165, 1.54) is 11.0 Å². The summed E-state index contributed by atoms with van der Waals surface area (Å²) >= 11 is 0. The lowest BCUT2D eigenvalue weighted by atomic mass is 10.1. The van der Waals surface area contributed by atoms with Crippen molar-refractivity contribution >= 4 is 33.2 Å². The van der Waals surface area contributed by atoms with Crippen LogP contribution in [0.15, 0.2) is 18.2 Å². The molecule has 1 N–H and O–H groups in total. The molecule has 2 heterocycles. The predicted molar refractivity (Wildman–Crippen MR) is 102 cm³/mol. The molecule has 1 atom stereocenters. The zero-order valence-electron chi connectivity index (χ0n) is 15.6. The zero-order chi connectivity index (χ0) is 19.6. The summed E-state index contributed by atoms with van der Waals surface area (Å²) < 4.78 is 31.2. The Labute approximate surface area is 159 Å². The molecular weight excluding hydrogens is 370 g/mol. The molecule has 2 aliphatic heterocycles. The lowest BCUT2D eigenvalue weighted by Gasteiger charge is -2.36. The van der Waals surface area contributed by atoms with Crippen LogP contribution < -0.4 is 14.4 Å². The van der Waals surface area contributed by atoms with Crippen LogP contribution in [0.5, 0.6) is 5.75 Å². The van der Waals surface area contributed by atoms with Crippen molar-refractivity contribution in [2.45, 2.75) is 38.7 Å². The van der Waals surface area contributed by atoms with Crippen LogP contribution in [0.2, 0.25) is 0 Å². The summed E-state index contributed by atoms with van der Waals surface area (Å²) in [5, 5.41) is 0. The quantitative estimate of drug-likeness (QED) is 0.816. The Hall–Kier alpha value is -2.29. The molecular formula is C18H25N3O5S. The fraction of sp³-hybridized carbons (Fsp3) is 0.556. The topological polar surface area (TPSA) is 96.0 Å². The van der Waals surface area contributed by atoms with E-state index in [1.54, 1.807) is 17.0 Å². The minimum Gasteiger partial charge on any atom is -0.478 e. The van der Waals surface area contributed by atoms with Crippen LogP contribution in [0.1, 0.15) is 32.6 Å². The average molecular weight is 395 g/mol. The molecule has 1 fully saturated rings. The minimum atomic E-state index is -3.46. The van der Waals surface area contributed by atoms with Gasteiger partial charge in [0.1, 0.15) is 12.3 Å². The van der Waals surface area contributed by atoms with Gasteiger partial charge in [-0.2, -0.15) is 0 Å². The van der Waals surface area contributed by atoms with E-state index in [1.807, 2.05) is 6.92 Å². The maximum atomic E-state index is 12.8. The molecule has 2 amide bonds. The third-order valence-corrected chi connectivity index (χ3v) is 5.34. The van der Waals surface area contributed by atoms with Crippen molar-refractivity contribution < 1.29 is 22.7 Å². The fourth-order valence-corrected chi connectivity index (χ4v) is 3.96. The van der Waals surface area contributed by atoms with Gasteiger partial charge in [-0.1, -0.05) is 6.92 Å². The van der Waals surface area contributed by atoms with Gasteiger partial charge in [0, 0.05) is 13.1 Å². The van der Waals surface area contributed by atoms with Gasteiger partial charge in [0.2, 0.25) is 15.9 Å². The van der Waals surface area contributed by atoms with Crippen LogP contribution in [0.3, 0.4) is 0 Å². The van der Waals surface area contributed by atoms with Gasteiger partial charge in [0.15, 0.2) is 6.10 Å². The third-order valence-electron chi connectivity index (χ3n) is 4.74. The van der Waals surface area contributed by atoms with E-state index >= 15 is 0 Å². The SMILES string of the molecule is CCC1Oc2ccc(NS(C)(=O)=O)cc2N(CC(=O)N2CCCCC2)C1=O. The Kier molecular flexibility index (Phi) is 5.59. The van der Waals surface area contributed by atoms with E-state index in [-0.39, 0.29) is 18.4 Å². The number of carbonyl (C=O) groups excluding carboxylic acids is 2. The van der Waals surface area contributed by atoms with Crippen molar-refractivity contribution in [2.75, 3.05) is 35.5 Å². The number of benzene rings is 1. The highest BCUT2D eigenvalue weighted by molar-refractivity contribution is 7.92. The van der Waals surface area contributed by atoms with Gasteiger partial charge < -0.3 is 9.64 Å². The molecule has 8 nitrogen and oxygen atoms in total. The second kappa shape index (κ2) is 7.75. The third kappa shape index (κ3) is 4.52. The largest absolute Gasteiger partial charge is 0.478 e. The van der Waals surface area contributed by atoms with Crippen LogP contribution in [-0.2, 0) is 19.6 Å². The number of sulfonamides is 1. The van der Waals surface area contributed by atoms with Crippen LogP contribution in [0.4, 0.5) is 11.4 Å². The fourth-order valence-electron chi connectivity index (χ4n) is 3.40. The molecule has 9 heteroatoms. The van der Waals surface area contributed by atoms with Gasteiger partial charge in [-0.05, 0) is 43.9 Å². The second-order valence-electron chi connectivity index (χ2n) is 6.94. The van der Waals surface area contributed by atoms with Crippen LogP contribution in [0.25, 0.3) is 0 Å². The summed E-state index contributed by atoms with van der Waals surface area (Å²) in [5.41, 5.74) is 0.724. The number of likely N-dealkylation sites (tertiary alicyclic amines) is 1. The molecule has 27 heavy (non-hydrogen) atoms. The van der Waals surface area contributed by atoms with Crippen molar-refractivity contribution in [1.82, 2.24) is 4.90 Å². The first-order valence-electron chi connectivity index (χ1n) is 9.16. The molecule has 3 rings (SSSR count). The molecule has 0 bridgehead atoms. The zero-order valence-corrected chi connectivity index (χ0v) is 16.4. The maximum Gasteiger partial charge on any atom is 0.268 e. The molecule has 1 saturated heterocycles. The van der Waals surface area contributed by atoms with Crippen molar-refractivity contribution in [1.29, 1.82) is 0 Å². The van der Waals surface area contributed by atoms with Gasteiger partial charge >= 0.3 is 0 Å². The molecule has 1 aromatic carbocycles. The van der Waals surface area contributed by atoms with Crippen molar-refractivity contribution in [3.8, 4) is 5.75 Å². The summed E-state index contributed by atoms with van der Waals surface area (Å²) in [5.74, 6) is 0.0750. The lowest BCUT2D eigenvalue weighted by Crippen LogP contribution is -2.51. The molecule has 1 unspecified atom stereocenters. The van der Waals surface area contributed by atoms with E-state index in [0.717, 1.165) is 25.5 Å². The highest BCUT2D eigenvalue weighted by Gasteiger charge is 2.35. The Morgan fingerprint density at radius 2 is 1.96 bits per heavy atom. The second-order valence-corrected chi connectivity index (χ2v) is 8.69. The highest BCUT2D eigenvalue weighted by atomic mass is 32.2. The molecule has 0 aromatic heterocycles. The predicted octanol–water partition coefficient (Wildman–Crippen LogP) is 1.57. The number of rotatable bonds is 5. The van der Waals surface area contributed by atoms with E-state index in [0.29, 0.717) is 36.6 Å². The number of ether oxygens (including phenoxy) is 1. The van der Waals surface area contributed by atoms with Gasteiger partial charge in [-0.3, -0.25) is 19.2 Å². The van der Waals surface area contributed by atoms with E-state index in [2.05, 4.69) is 4.72 Å². The first-order chi connectivity index (χ1) is 12.8. The smallest absolute Gasteiger partial charge is 0.268 e. The molecule has 2 aliphatic rings. The Morgan fingerprint density at radius 1 is 1.26 bits per heavy atom. The molecule has 0 saturated carbocycles. The normalized spacial score (nSPS) is 20.1. The molecule has 0 radical (unpaired) electrons.